The second-order valence-electron chi connectivity index (χ2n) is 5.18. The molecule has 1 N–H and O–H groups in total. The van der Waals surface area contributed by atoms with Gasteiger partial charge in [-0.2, -0.15) is 0 Å². The van der Waals surface area contributed by atoms with Crippen LogP contribution in [-0.4, -0.2) is 27.4 Å². The molecule has 0 aliphatic rings. The van der Waals surface area contributed by atoms with Crippen LogP contribution in [0.1, 0.15) is 5.56 Å². The molecule has 1 unspecified atom stereocenters. The quantitative estimate of drug-likeness (QED) is 0.759. The van der Waals surface area contributed by atoms with Crippen molar-refractivity contribution in [3.8, 4) is 0 Å². The number of nitrogens with zero attached hydrogens (tertiary/aromatic N) is 2. The number of aliphatic hydroxyl groups excluding tert-OH is 1. The number of aliphatic hydroxyl groups is 1. The van der Waals surface area contributed by atoms with Crippen molar-refractivity contribution in [1.82, 2.24) is 9.55 Å². The van der Waals surface area contributed by atoms with E-state index in [1.165, 1.54) is 0 Å². The Morgan fingerprint density at radius 3 is 2.73 bits per heavy atom. The molecule has 0 amide bonds. The van der Waals surface area contributed by atoms with Gasteiger partial charge in [0, 0.05) is 5.02 Å². The first-order valence-electron chi connectivity index (χ1n) is 7.12. The number of para-hydroxylation sites is 2. The van der Waals surface area contributed by atoms with Gasteiger partial charge >= 0.3 is 0 Å². The van der Waals surface area contributed by atoms with Gasteiger partial charge in [-0.15, -0.1) is 0 Å². The van der Waals surface area contributed by atoms with E-state index in [0.717, 1.165) is 16.6 Å². The standard InChI is InChI=1S/C17H17ClN2O2/c18-14-7-5-13(6-8-14)10-22-11-15(21)9-20-12-19-16-3-1-2-4-17(16)20/h1-8,12,15,21H,9-11H2. The SMILES string of the molecule is OC(COCc1ccc(Cl)cc1)Cn1cnc2ccccc21. The second-order valence-corrected chi connectivity index (χ2v) is 5.62. The van der Waals surface area contributed by atoms with E-state index in [0.29, 0.717) is 18.2 Å². The smallest absolute Gasteiger partial charge is 0.0959 e. The average molecular weight is 317 g/mol. The number of hydrogen-bond donors (Lipinski definition) is 1. The van der Waals surface area contributed by atoms with Crippen LogP contribution in [0.25, 0.3) is 11.0 Å². The molecule has 22 heavy (non-hydrogen) atoms. The van der Waals surface area contributed by atoms with E-state index in [1.54, 1.807) is 6.33 Å². The molecule has 0 aliphatic carbocycles. The highest BCUT2D eigenvalue weighted by molar-refractivity contribution is 6.30. The first-order valence-corrected chi connectivity index (χ1v) is 7.50. The van der Waals surface area contributed by atoms with Gasteiger partial charge < -0.3 is 14.4 Å². The Labute approximate surface area is 133 Å². The van der Waals surface area contributed by atoms with Gasteiger partial charge in [0.25, 0.3) is 0 Å². The highest BCUT2D eigenvalue weighted by Gasteiger charge is 2.08. The van der Waals surface area contributed by atoms with Gasteiger partial charge in [-0.05, 0) is 29.8 Å². The van der Waals surface area contributed by atoms with Crippen molar-refractivity contribution in [3.63, 3.8) is 0 Å². The van der Waals surface area contributed by atoms with Crippen LogP contribution in [0.2, 0.25) is 5.02 Å². The Morgan fingerprint density at radius 1 is 1.14 bits per heavy atom. The minimum atomic E-state index is -0.579. The summed E-state index contributed by atoms with van der Waals surface area (Å²) in [5.74, 6) is 0. The molecule has 4 nitrogen and oxygen atoms in total. The predicted octanol–water partition coefficient (Wildman–Crippen LogP) is 3.27. The van der Waals surface area contributed by atoms with Crippen LogP contribution in [0, 0.1) is 0 Å². The first kappa shape index (κ1) is 15.0. The van der Waals surface area contributed by atoms with E-state index in [9.17, 15) is 5.11 Å². The zero-order chi connectivity index (χ0) is 15.4. The van der Waals surface area contributed by atoms with Crippen LogP contribution in [0.5, 0.6) is 0 Å². The van der Waals surface area contributed by atoms with Crippen molar-refractivity contribution < 1.29 is 9.84 Å². The third-order valence-corrected chi connectivity index (χ3v) is 3.68. The van der Waals surface area contributed by atoms with Gasteiger partial charge in [-0.3, -0.25) is 0 Å². The van der Waals surface area contributed by atoms with E-state index in [1.807, 2.05) is 53.1 Å². The lowest BCUT2D eigenvalue weighted by molar-refractivity contribution is 0.0209. The van der Waals surface area contributed by atoms with E-state index >= 15 is 0 Å². The van der Waals surface area contributed by atoms with Crippen LogP contribution in [0.15, 0.2) is 54.9 Å². The summed E-state index contributed by atoms with van der Waals surface area (Å²) in [7, 11) is 0. The molecule has 3 aromatic rings. The maximum Gasteiger partial charge on any atom is 0.0959 e. The molecule has 3 rings (SSSR count). The number of rotatable bonds is 6. The van der Waals surface area contributed by atoms with Crippen LogP contribution >= 0.6 is 11.6 Å². The Morgan fingerprint density at radius 2 is 1.91 bits per heavy atom. The highest BCUT2D eigenvalue weighted by Crippen LogP contribution is 2.13. The Bertz CT molecular complexity index is 740. The van der Waals surface area contributed by atoms with Crippen molar-refractivity contribution in [1.29, 1.82) is 0 Å². The van der Waals surface area contributed by atoms with Crippen molar-refractivity contribution in [2.24, 2.45) is 0 Å². The van der Waals surface area contributed by atoms with Crippen molar-refractivity contribution in [2.75, 3.05) is 6.61 Å². The van der Waals surface area contributed by atoms with Gasteiger partial charge in [0.1, 0.15) is 0 Å². The number of ether oxygens (including phenoxy) is 1. The van der Waals surface area contributed by atoms with Crippen LogP contribution in [0.4, 0.5) is 0 Å². The average Bonchev–Trinajstić information content (AvgIpc) is 2.93. The van der Waals surface area contributed by atoms with Gasteiger partial charge in [0.15, 0.2) is 0 Å². The minimum absolute atomic E-state index is 0.273. The molecule has 0 bridgehead atoms. The van der Waals surface area contributed by atoms with Crippen LogP contribution in [0.3, 0.4) is 0 Å². The summed E-state index contributed by atoms with van der Waals surface area (Å²) >= 11 is 5.83. The lowest BCUT2D eigenvalue weighted by Gasteiger charge is -2.13. The molecule has 114 valence electrons. The zero-order valence-electron chi connectivity index (χ0n) is 12.0. The fraction of sp³-hybridized carbons (Fsp3) is 0.235. The molecule has 5 heteroatoms. The van der Waals surface area contributed by atoms with Crippen molar-refractivity contribution in [3.05, 3.63) is 65.4 Å². The van der Waals surface area contributed by atoms with Gasteiger partial charge in [-0.1, -0.05) is 35.9 Å². The second kappa shape index (κ2) is 6.92. The summed E-state index contributed by atoms with van der Waals surface area (Å²) in [6, 6.07) is 15.3. The normalized spacial score (nSPS) is 12.6. The van der Waals surface area contributed by atoms with E-state index in [-0.39, 0.29) is 6.61 Å². The van der Waals surface area contributed by atoms with Crippen molar-refractivity contribution in [2.45, 2.75) is 19.3 Å². The third kappa shape index (κ3) is 3.65. The monoisotopic (exact) mass is 316 g/mol. The molecule has 1 aromatic heterocycles. The molecule has 0 spiro atoms. The van der Waals surface area contributed by atoms with Crippen LogP contribution in [-0.2, 0) is 17.9 Å². The number of imidazole rings is 1. The summed E-state index contributed by atoms with van der Waals surface area (Å²) in [5.41, 5.74) is 2.97. The van der Waals surface area contributed by atoms with E-state index in [4.69, 9.17) is 16.3 Å². The molecule has 1 atom stereocenters. The maximum absolute atomic E-state index is 10.1. The van der Waals surface area contributed by atoms with E-state index < -0.39 is 6.10 Å². The molecule has 2 aromatic carbocycles. The molecule has 0 fully saturated rings. The fourth-order valence-electron chi connectivity index (χ4n) is 2.33. The number of aromatic nitrogens is 2. The highest BCUT2D eigenvalue weighted by atomic mass is 35.5. The molecule has 0 saturated heterocycles. The number of halogens is 1. The van der Waals surface area contributed by atoms with Crippen molar-refractivity contribution >= 4 is 22.6 Å². The Balaban J connectivity index is 1.52. The summed E-state index contributed by atoms with van der Waals surface area (Å²) in [6.07, 6.45) is 1.16. The third-order valence-electron chi connectivity index (χ3n) is 3.43. The molecule has 0 aliphatic heterocycles. The number of benzene rings is 2. The fourth-order valence-corrected chi connectivity index (χ4v) is 2.45. The molecule has 0 radical (unpaired) electrons. The topological polar surface area (TPSA) is 47.3 Å². The summed E-state index contributed by atoms with van der Waals surface area (Å²) in [6.45, 7) is 1.19. The predicted molar refractivity (Wildman–Crippen MR) is 86.8 cm³/mol. The Hall–Kier alpha value is -1.88. The van der Waals surface area contributed by atoms with Gasteiger partial charge in [0.2, 0.25) is 0 Å². The lowest BCUT2D eigenvalue weighted by Crippen LogP contribution is -2.21. The maximum atomic E-state index is 10.1. The first-order chi connectivity index (χ1) is 10.7. The molecular formula is C17H17ClN2O2. The zero-order valence-corrected chi connectivity index (χ0v) is 12.8. The Kier molecular flexibility index (Phi) is 4.73. The van der Waals surface area contributed by atoms with Crippen LogP contribution < -0.4 is 0 Å². The molecule has 0 saturated carbocycles. The molecular weight excluding hydrogens is 300 g/mol. The lowest BCUT2D eigenvalue weighted by atomic mass is 10.2. The molecule has 1 heterocycles. The van der Waals surface area contributed by atoms with Gasteiger partial charge in [-0.25, -0.2) is 4.98 Å². The summed E-state index contributed by atoms with van der Waals surface area (Å²) in [4.78, 5) is 4.31. The summed E-state index contributed by atoms with van der Waals surface area (Å²) < 4.78 is 7.49. The van der Waals surface area contributed by atoms with Gasteiger partial charge in [0.05, 0.1) is 43.2 Å². The summed E-state index contributed by atoms with van der Waals surface area (Å²) in [5, 5.41) is 10.8. The largest absolute Gasteiger partial charge is 0.389 e. The van der Waals surface area contributed by atoms with E-state index in [2.05, 4.69) is 4.98 Å². The minimum Gasteiger partial charge on any atom is -0.389 e. The number of hydrogen-bond acceptors (Lipinski definition) is 3. The number of fused-ring (bicyclic) bond motifs is 1.